The van der Waals surface area contributed by atoms with E-state index in [9.17, 15) is 4.79 Å². The molecule has 2 aromatic carbocycles. The first-order valence-electron chi connectivity index (χ1n) is 6.09. The second-order valence-electron chi connectivity index (χ2n) is 4.10. The van der Waals surface area contributed by atoms with Crippen LogP contribution in [0.5, 0.6) is 0 Å². The van der Waals surface area contributed by atoms with E-state index in [0.717, 1.165) is 5.39 Å². The maximum atomic E-state index is 12.1. The molecule has 0 amide bonds. The molecule has 2 aromatic heterocycles. The standard InChI is InChI=1S/C15H8O3/c16-15-13-9-5-1-3-7-11(9)17-14(13)10-6-2-4-8-12(10)18-15/h1-8H/i7D. The van der Waals surface area contributed by atoms with Crippen molar-refractivity contribution in [2.24, 2.45) is 0 Å². The number of rotatable bonds is 0. The van der Waals surface area contributed by atoms with Gasteiger partial charge in [0.05, 0.1) is 6.76 Å². The Morgan fingerprint density at radius 3 is 2.61 bits per heavy atom. The zero-order valence-electron chi connectivity index (χ0n) is 10.3. The van der Waals surface area contributed by atoms with E-state index in [1.165, 1.54) is 0 Å². The fraction of sp³-hybridized carbons (Fsp3) is 0. The second kappa shape index (κ2) is 3.23. The van der Waals surface area contributed by atoms with Crippen LogP contribution in [-0.2, 0) is 0 Å². The number of hydrogen-bond acceptors (Lipinski definition) is 3. The summed E-state index contributed by atoms with van der Waals surface area (Å²) >= 11 is 0. The Morgan fingerprint density at radius 2 is 1.67 bits per heavy atom. The first kappa shape index (κ1) is 8.53. The molecule has 0 radical (unpaired) electrons. The van der Waals surface area contributed by atoms with E-state index in [0.29, 0.717) is 27.5 Å². The molecule has 4 aromatic rings. The number of fused-ring (bicyclic) bond motifs is 5. The van der Waals surface area contributed by atoms with Crippen molar-refractivity contribution in [3.8, 4) is 0 Å². The Hall–Kier alpha value is -2.55. The van der Waals surface area contributed by atoms with Crippen LogP contribution in [0.1, 0.15) is 1.37 Å². The van der Waals surface area contributed by atoms with Crippen LogP contribution < -0.4 is 5.63 Å². The van der Waals surface area contributed by atoms with Gasteiger partial charge >= 0.3 is 5.63 Å². The minimum Gasteiger partial charge on any atom is -0.455 e. The van der Waals surface area contributed by atoms with Crippen molar-refractivity contribution < 1.29 is 10.2 Å². The molecule has 86 valence electrons. The highest BCUT2D eigenvalue weighted by Gasteiger charge is 2.14. The van der Waals surface area contributed by atoms with Crippen LogP contribution in [0.2, 0.25) is 0 Å². The molecule has 0 atom stereocenters. The molecular formula is C15H8O3. The topological polar surface area (TPSA) is 43.4 Å². The Balaban J connectivity index is 2.41. The smallest absolute Gasteiger partial charge is 0.348 e. The third-order valence-corrected chi connectivity index (χ3v) is 3.06. The lowest BCUT2D eigenvalue weighted by Gasteiger charge is -1.95. The fourth-order valence-corrected chi connectivity index (χ4v) is 2.26. The third kappa shape index (κ3) is 1.10. The molecule has 3 nitrogen and oxygen atoms in total. The molecule has 0 N–H and O–H groups in total. The highest BCUT2D eigenvalue weighted by molar-refractivity contribution is 6.12. The van der Waals surface area contributed by atoms with Gasteiger partial charge in [-0.15, -0.1) is 0 Å². The molecule has 0 bridgehead atoms. The zero-order chi connectivity index (χ0) is 13.0. The first-order valence-corrected chi connectivity index (χ1v) is 5.59. The summed E-state index contributed by atoms with van der Waals surface area (Å²) in [5.74, 6) is 0. The van der Waals surface area contributed by atoms with Crippen molar-refractivity contribution >= 4 is 32.9 Å². The molecule has 2 heterocycles. The monoisotopic (exact) mass is 237 g/mol. The van der Waals surface area contributed by atoms with Gasteiger partial charge in [0.15, 0.2) is 5.58 Å². The van der Waals surface area contributed by atoms with Crippen LogP contribution in [0.25, 0.3) is 32.9 Å². The lowest BCUT2D eigenvalue weighted by atomic mass is 10.1. The van der Waals surface area contributed by atoms with E-state index >= 15 is 0 Å². The Kier molecular flexibility index (Phi) is 1.53. The summed E-state index contributed by atoms with van der Waals surface area (Å²) in [4.78, 5) is 12.1. The molecule has 0 aliphatic rings. The number of furan rings is 1. The van der Waals surface area contributed by atoms with Crippen LogP contribution >= 0.6 is 0 Å². The maximum absolute atomic E-state index is 12.1. The lowest BCUT2D eigenvalue weighted by molar-refractivity contribution is 0.567. The van der Waals surface area contributed by atoms with Gasteiger partial charge in [-0.2, -0.15) is 0 Å². The van der Waals surface area contributed by atoms with E-state index in [1.807, 2.05) is 12.1 Å². The van der Waals surface area contributed by atoms with Gasteiger partial charge in [0.1, 0.15) is 16.6 Å². The molecule has 0 aliphatic heterocycles. The SMILES string of the molecule is [2H]c1cccc2c1oc1c3ccccc3oc(=O)c21. The van der Waals surface area contributed by atoms with Crippen molar-refractivity contribution in [3.05, 3.63) is 58.9 Å². The Morgan fingerprint density at radius 1 is 0.889 bits per heavy atom. The molecule has 0 aliphatic carbocycles. The summed E-state index contributed by atoms with van der Waals surface area (Å²) in [5, 5.41) is 1.78. The van der Waals surface area contributed by atoms with Gasteiger partial charge in [0.25, 0.3) is 0 Å². The van der Waals surface area contributed by atoms with Gasteiger partial charge in [-0.1, -0.05) is 30.3 Å². The van der Waals surface area contributed by atoms with Gasteiger partial charge in [-0.05, 0) is 18.2 Å². The quantitative estimate of drug-likeness (QED) is 0.438. The predicted molar refractivity (Wildman–Crippen MR) is 69.8 cm³/mol. The van der Waals surface area contributed by atoms with Gasteiger partial charge in [0.2, 0.25) is 0 Å². The predicted octanol–water partition coefficient (Wildman–Crippen LogP) is 3.69. The van der Waals surface area contributed by atoms with E-state index in [-0.39, 0.29) is 6.04 Å². The van der Waals surface area contributed by atoms with Crippen LogP contribution in [-0.4, -0.2) is 0 Å². The molecule has 0 fully saturated rings. The summed E-state index contributed by atoms with van der Waals surface area (Å²) in [6.45, 7) is 0. The molecule has 0 unspecified atom stereocenters. The van der Waals surface area contributed by atoms with Crippen molar-refractivity contribution in [1.29, 1.82) is 0 Å². The molecule has 0 spiro atoms. The average molecular weight is 237 g/mol. The fourth-order valence-electron chi connectivity index (χ4n) is 2.26. The van der Waals surface area contributed by atoms with Crippen LogP contribution in [0.3, 0.4) is 0 Å². The van der Waals surface area contributed by atoms with E-state index in [1.54, 1.807) is 30.3 Å². The summed E-state index contributed by atoms with van der Waals surface area (Å²) in [7, 11) is 0. The second-order valence-corrected chi connectivity index (χ2v) is 4.10. The van der Waals surface area contributed by atoms with E-state index in [4.69, 9.17) is 10.2 Å². The molecule has 3 heteroatoms. The highest BCUT2D eigenvalue weighted by Crippen LogP contribution is 2.30. The van der Waals surface area contributed by atoms with Crippen molar-refractivity contribution in [2.45, 2.75) is 0 Å². The van der Waals surface area contributed by atoms with Crippen molar-refractivity contribution in [3.63, 3.8) is 0 Å². The number of hydrogen-bond donors (Lipinski definition) is 0. The average Bonchev–Trinajstić information content (AvgIpc) is 2.81. The van der Waals surface area contributed by atoms with Gasteiger partial charge < -0.3 is 8.83 Å². The minimum atomic E-state index is -0.432. The summed E-state index contributed by atoms with van der Waals surface area (Å²) in [6.07, 6.45) is 0. The van der Waals surface area contributed by atoms with E-state index < -0.39 is 5.63 Å². The first-order chi connectivity index (χ1) is 9.25. The molecule has 0 saturated carbocycles. The largest absolute Gasteiger partial charge is 0.455 e. The molecule has 4 rings (SSSR count). The molecule has 0 saturated heterocycles. The Labute approximate surface area is 103 Å². The van der Waals surface area contributed by atoms with Crippen molar-refractivity contribution in [2.75, 3.05) is 0 Å². The van der Waals surface area contributed by atoms with Crippen LogP contribution in [0, 0.1) is 0 Å². The normalized spacial score (nSPS) is 12.3. The van der Waals surface area contributed by atoms with Crippen molar-refractivity contribution in [1.82, 2.24) is 0 Å². The van der Waals surface area contributed by atoms with Gasteiger partial charge in [-0.25, -0.2) is 4.79 Å². The summed E-state index contributed by atoms with van der Waals surface area (Å²) < 4.78 is 18.9. The molecular weight excluding hydrogens is 228 g/mol. The minimum absolute atomic E-state index is 0.261. The van der Waals surface area contributed by atoms with Crippen LogP contribution in [0.15, 0.2) is 62.1 Å². The Bertz CT molecular complexity index is 995. The maximum Gasteiger partial charge on any atom is 0.348 e. The zero-order valence-corrected chi connectivity index (χ0v) is 9.27. The third-order valence-electron chi connectivity index (χ3n) is 3.06. The highest BCUT2D eigenvalue weighted by atomic mass is 16.4. The van der Waals surface area contributed by atoms with Gasteiger partial charge in [0, 0.05) is 5.39 Å². The lowest BCUT2D eigenvalue weighted by Crippen LogP contribution is -1.97. The van der Waals surface area contributed by atoms with E-state index in [2.05, 4.69) is 0 Å². The molecule has 18 heavy (non-hydrogen) atoms. The number of benzene rings is 2. The summed E-state index contributed by atoms with van der Waals surface area (Å²) in [5.41, 5.74) is 0.964. The summed E-state index contributed by atoms with van der Waals surface area (Å²) in [6, 6.07) is 12.6. The number of para-hydroxylation sites is 2. The van der Waals surface area contributed by atoms with Crippen LogP contribution in [0.4, 0.5) is 0 Å². The van der Waals surface area contributed by atoms with Gasteiger partial charge in [-0.3, -0.25) is 0 Å².